The molecule has 1 atom stereocenters. The van der Waals surface area contributed by atoms with Gasteiger partial charge in [0.05, 0.1) is 17.7 Å². The molecule has 1 fully saturated rings. The highest BCUT2D eigenvalue weighted by molar-refractivity contribution is 5.70. The maximum atomic E-state index is 10.8. The van der Waals surface area contributed by atoms with Crippen molar-refractivity contribution in [2.24, 2.45) is 0 Å². The molecule has 1 aromatic rings. The van der Waals surface area contributed by atoms with Gasteiger partial charge in [0, 0.05) is 0 Å². The Labute approximate surface area is 81.1 Å². The Morgan fingerprint density at radius 2 is 2.14 bits per heavy atom. The van der Waals surface area contributed by atoms with Crippen molar-refractivity contribution in [3.05, 3.63) is 35.4 Å². The zero-order valence-electron chi connectivity index (χ0n) is 7.36. The predicted octanol–water partition coefficient (Wildman–Crippen LogP) is 1.34. The number of hydrogen-bond donors (Lipinski definition) is 1. The maximum absolute atomic E-state index is 10.8. The minimum absolute atomic E-state index is 0.0877. The average Bonchev–Trinajstić information content (AvgIpc) is 2.65. The number of nitriles is 1. The van der Waals surface area contributed by atoms with Crippen LogP contribution in [0.3, 0.4) is 0 Å². The lowest BCUT2D eigenvalue weighted by molar-refractivity contribution is 0.177. The number of carbonyl (C=O) groups excluding carboxylic acids is 1. The molecule has 1 heterocycles. The number of cyclic esters (lactones) is 1. The Bertz CT molecular complexity index is 392. The number of carbonyl (C=O) groups is 1. The quantitative estimate of drug-likeness (QED) is 0.723. The van der Waals surface area contributed by atoms with Gasteiger partial charge in [-0.2, -0.15) is 5.26 Å². The van der Waals surface area contributed by atoms with Crippen LogP contribution in [0.1, 0.15) is 17.2 Å². The first-order valence-corrected chi connectivity index (χ1v) is 4.23. The molecule has 0 saturated carbocycles. The van der Waals surface area contributed by atoms with Gasteiger partial charge >= 0.3 is 6.09 Å². The number of hydrogen-bond acceptors (Lipinski definition) is 3. The number of nitrogens with one attached hydrogen (secondary N) is 1. The maximum Gasteiger partial charge on any atom is 0.407 e. The number of nitrogens with zero attached hydrogens (tertiary/aromatic N) is 1. The van der Waals surface area contributed by atoms with E-state index in [4.69, 9.17) is 10.00 Å². The van der Waals surface area contributed by atoms with Crippen LogP contribution in [0.2, 0.25) is 0 Å². The first-order valence-electron chi connectivity index (χ1n) is 4.23. The van der Waals surface area contributed by atoms with Crippen molar-refractivity contribution in [2.75, 3.05) is 6.61 Å². The van der Waals surface area contributed by atoms with E-state index in [2.05, 4.69) is 5.32 Å². The molecular weight excluding hydrogens is 180 g/mol. The molecule has 70 valence electrons. The Morgan fingerprint density at radius 1 is 1.43 bits per heavy atom. The number of benzene rings is 1. The van der Waals surface area contributed by atoms with E-state index in [0.29, 0.717) is 12.2 Å². The van der Waals surface area contributed by atoms with Gasteiger partial charge < -0.3 is 10.1 Å². The van der Waals surface area contributed by atoms with E-state index in [1.165, 1.54) is 0 Å². The smallest absolute Gasteiger partial charge is 0.407 e. The fourth-order valence-corrected chi connectivity index (χ4v) is 1.35. The van der Waals surface area contributed by atoms with Crippen LogP contribution in [0.4, 0.5) is 4.79 Å². The summed E-state index contributed by atoms with van der Waals surface area (Å²) < 4.78 is 4.76. The van der Waals surface area contributed by atoms with Crippen LogP contribution >= 0.6 is 0 Å². The fraction of sp³-hybridized carbons (Fsp3) is 0.200. The van der Waals surface area contributed by atoms with Crippen LogP contribution in [0.25, 0.3) is 0 Å². The molecule has 0 aromatic heterocycles. The highest BCUT2D eigenvalue weighted by atomic mass is 16.6. The van der Waals surface area contributed by atoms with Crippen molar-refractivity contribution < 1.29 is 9.53 Å². The molecule has 0 aliphatic carbocycles. The first-order chi connectivity index (χ1) is 6.79. The van der Waals surface area contributed by atoms with Gasteiger partial charge in [-0.05, 0) is 17.7 Å². The highest BCUT2D eigenvalue weighted by Crippen LogP contribution is 2.18. The van der Waals surface area contributed by atoms with Gasteiger partial charge in [-0.15, -0.1) is 0 Å². The van der Waals surface area contributed by atoms with Crippen LogP contribution in [-0.2, 0) is 4.74 Å². The molecule has 1 aliphatic rings. The molecule has 0 spiro atoms. The van der Waals surface area contributed by atoms with E-state index in [9.17, 15) is 4.79 Å². The number of amides is 1. The summed E-state index contributed by atoms with van der Waals surface area (Å²) in [6, 6.07) is 9.03. The molecule has 4 heteroatoms. The molecular formula is C10H8N2O2. The van der Waals surface area contributed by atoms with Crippen molar-refractivity contribution in [3.63, 3.8) is 0 Å². The predicted molar refractivity (Wildman–Crippen MR) is 48.4 cm³/mol. The highest BCUT2D eigenvalue weighted by Gasteiger charge is 2.23. The van der Waals surface area contributed by atoms with Crippen LogP contribution < -0.4 is 5.32 Å². The Kier molecular flexibility index (Phi) is 2.07. The lowest BCUT2D eigenvalue weighted by Crippen LogP contribution is -2.18. The third-order valence-electron chi connectivity index (χ3n) is 2.12. The van der Waals surface area contributed by atoms with Gasteiger partial charge in [0.2, 0.25) is 0 Å². The SMILES string of the molecule is N#Cc1ccc(C2COC(=O)N2)cc1. The van der Waals surface area contributed by atoms with Gasteiger partial charge in [0.1, 0.15) is 6.61 Å². The second-order valence-corrected chi connectivity index (χ2v) is 3.03. The zero-order chi connectivity index (χ0) is 9.97. The average molecular weight is 188 g/mol. The molecule has 1 unspecified atom stereocenters. The Hall–Kier alpha value is -2.02. The second kappa shape index (κ2) is 3.38. The van der Waals surface area contributed by atoms with Gasteiger partial charge in [-0.25, -0.2) is 4.79 Å². The molecule has 14 heavy (non-hydrogen) atoms. The Morgan fingerprint density at radius 3 is 2.64 bits per heavy atom. The topological polar surface area (TPSA) is 62.1 Å². The largest absolute Gasteiger partial charge is 0.447 e. The van der Waals surface area contributed by atoms with Crippen LogP contribution in [0.15, 0.2) is 24.3 Å². The van der Waals surface area contributed by atoms with Crippen molar-refractivity contribution in [2.45, 2.75) is 6.04 Å². The summed E-state index contributed by atoms with van der Waals surface area (Å²) in [7, 11) is 0. The lowest BCUT2D eigenvalue weighted by atomic mass is 10.1. The molecule has 0 bridgehead atoms. The molecule has 1 N–H and O–H groups in total. The normalized spacial score (nSPS) is 19.6. The van der Waals surface area contributed by atoms with E-state index in [0.717, 1.165) is 5.56 Å². The van der Waals surface area contributed by atoms with Crippen molar-refractivity contribution in [3.8, 4) is 6.07 Å². The number of ether oxygens (including phenoxy) is 1. The number of alkyl carbamates (subject to hydrolysis) is 1. The molecule has 2 rings (SSSR count). The minimum atomic E-state index is -0.389. The zero-order valence-corrected chi connectivity index (χ0v) is 7.36. The van der Waals surface area contributed by atoms with E-state index in [1.54, 1.807) is 12.1 Å². The lowest BCUT2D eigenvalue weighted by Gasteiger charge is -2.06. The molecule has 1 aromatic carbocycles. The van der Waals surface area contributed by atoms with Gasteiger partial charge in [-0.3, -0.25) is 0 Å². The van der Waals surface area contributed by atoms with Gasteiger partial charge in [0.25, 0.3) is 0 Å². The molecule has 4 nitrogen and oxygen atoms in total. The van der Waals surface area contributed by atoms with Crippen LogP contribution in [-0.4, -0.2) is 12.7 Å². The monoisotopic (exact) mass is 188 g/mol. The number of rotatable bonds is 1. The van der Waals surface area contributed by atoms with Crippen molar-refractivity contribution >= 4 is 6.09 Å². The van der Waals surface area contributed by atoms with E-state index in [1.807, 2.05) is 18.2 Å². The van der Waals surface area contributed by atoms with E-state index >= 15 is 0 Å². The summed E-state index contributed by atoms with van der Waals surface area (Å²) in [6.45, 7) is 0.352. The summed E-state index contributed by atoms with van der Waals surface area (Å²) in [5.74, 6) is 0. The van der Waals surface area contributed by atoms with Crippen LogP contribution in [0, 0.1) is 11.3 Å². The van der Waals surface area contributed by atoms with Gasteiger partial charge in [-0.1, -0.05) is 12.1 Å². The molecule has 0 radical (unpaired) electrons. The Balaban J connectivity index is 2.18. The third kappa shape index (κ3) is 1.52. The summed E-state index contributed by atoms with van der Waals surface area (Å²) in [4.78, 5) is 10.8. The summed E-state index contributed by atoms with van der Waals surface area (Å²) in [6.07, 6.45) is -0.389. The minimum Gasteiger partial charge on any atom is -0.447 e. The van der Waals surface area contributed by atoms with Crippen molar-refractivity contribution in [1.82, 2.24) is 5.32 Å². The summed E-state index contributed by atoms with van der Waals surface area (Å²) in [5, 5.41) is 11.3. The summed E-state index contributed by atoms with van der Waals surface area (Å²) >= 11 is 0. The second-order valence-electron chi connectivity index (χ2n) is 3.03. The van der Waals surface area contributed by atoms with E-state index < -0.39 is 0 Å². The fourth-order valence-electron chi connectivity index (χ4n) is 1.35. The van der Waals surface area contributed by atoms with Crippen molar-refractivity contribution in [1.29, 1.82) is 5.26 Å². The standard InChI is InChI=1S/C10H8N2O2/c11-5-7-1-3-8(4-2-7)9-6-14-10(13)12-9/h1-4,9H,6H2,(H,12,13). The molecule has 1 saturated heterocycles. The molecule has 1 aliphatic heterocycles. The van der Waals surface area contributed by atoms with Crippen LogP contribution in [0.5, 0.6) is 0 Å². The first kappa shape index (κ1) is 8.57. The molecule has 1 amide bonds. The third-order valence-corrected chi connectivity index (χ3v) is 2.12. The van der Waals surface area contributed by atoms with Gasteiger partial charge in [0.15, 0.2) is 0 Å². The van der Waals surface area contributed by atoms with E-state index in [-0.39, 0.29) is 12.1 Å². The summed E-state index contributed by atoms with van der Waals surface area (Å²) in [5.41, 5.74) is 1.56.